The lowest BCUT2D eigenvalue weighted by molar-refractivity contribution is -0.190. The molecule has 4 bridgehead atoms. The maximum atomic E-state index is 13.3. The summed E-state index contributed by atoms with van der Waals surface area (Å²) in [5.41, 5.74) is -1.02. The first kappa shape index (κ1) is 27.3. The van der Waals surface area contributed by atoms with Crippen LogP contribution in [-0.4, -0.2) is 76.3 Å². The van der Waals surface area contributed by atoms with Crippen molar-refractivity contribution in [1.29, 1.82) is 0 Å². The summed E-state index contributed by atoms with van der Waals surface area (Å²) < 4.78 is 0. The van der Waals surface area contributed by atoms with Crippen LogP contribution in [0.4, 0.5) is 0 Å². The van der Waals surface area contributed by atoms with E-state index in [4.69, 9.17) is 0 Å². The Morgan fingerprint density at radius 2 is 1.62 bits per heavy atom. The van der Waals surface area contributed by atoms with Gasteiger partial charge in [-0.25, -0.2) is 0 Å². The molecule has 7 atom stereocenters. The van der Waals surface area contributed by atoms with Crippen LogP contribution in [0.15, 0.2) is 36.5 Å². The molecule has 0 aromatic carbocycles. The van der Waals surface area contributed by atoms with E-state index in [9.17, 15) is 15.0 Å². The molecule has 0 radical (unpaired) electrons. The number of nitrogens with zero attached hydrogens (tertiary/aromatic N) is 2. The second kappa shape index (κ2) is 12.3. The molecule has 37 heavy (non-hydrogen) atoms. The number of hydrogen-bond donors (Lipinski definition) is 2. The van der Waals surface area contributed by atoms with Crippen LogP contribution in [0, 0.1) is 17.3 Å². The fourth-order valence-corrected chi connectivity index (χ4v) is 9.12. The van der Waals surface area contributed by atoms with Crippen LogP contribution in [0.2, 0.25) is 0 Å². The van der Waals surface area contributed by atoms with Crippen molar-refractivity contribution < 1.29 is 15.0 Å². The third kappa shape index (κ3) is 5.18. The molecule has 1 spiro atoms. The summed E-state index contributed by atoms with van der Waals surface area (Å²) in [7, 11) is 0. The molecule has 0 aromatic heterocycles. The minimum absolute atomic E-state index is 0.0345. The molecule has 5 unspecified atom stereocenters. The van der Waals surface area contributed by atoms with Crippen molar-refractivity contribution in [3.05, 3.63) is 36.5 Å². The van der Waals surface area contributed by atoms with E-state index in [-0.39, 0.29) is 6.04 Å². The Balaban J connectivity index is 1.59. The fourth-order valence-electron chi connectivity index (χ4n) is 9.12. The van der Waals surface area contributed by atoms with Crippen molar-refractivity contribution in [3.63, 3.8) is 0 Å². The molecule has 5 aliphatic rings. The molecule has 3 saturated heterocycles. The second-order valence-electron chi connectivity index (χ2n) is 12.7. The number of aliphatic hydroxyl groups is 2. The van der Waals surface area contributed by atoms with Gasteiger partial charge in [0.15, 0.2) is 0 Å². The van der Waals surface area contributed by atoms with Gasteiger partial charge in [0.05, 0.1) is 5.54 Å². The molecule has 0 aromatic rings. The van der Waals surface area contributed by atoms with Crippen molar-refractivity contribution >= 4 is 6.29 Å². The maximum absolute atomic E-state index is 13.3. The van der Waals surface area contributed by atoms with Gasteiger partial charge >= 0.3 is 0 Å². The standard InChI is InChI=1S/C32H50N2O3/c35-25-31-19-14-10-6-2-4-7-11-15-20-33-22-18-27-26(23-31)24-34-21-16-12-8-3-1-5-9-13-17-28(36)29(37)32(27,34)30(31)33/h3,5,8-9,13,17,25-30,36-37H,1-2,4,6-7,10-12,14-16,18-24H2/b8-3-,9-5-,17-13+/t26?,27?,28-,29+,30?,31?,32?/m0/s1. The van der Waals surface area contributed by atoms with Gasteiger partial charge in [0.2, 0.25) is 0 Å². The van der Waals surface area contributed by atoms with Gasteiger partial charge < -0.3 is 15.0 Å². The van der Waals surface area contributed by atoms with Gasteiger partial charge in [0, 0.05) is 18.0 Å². The summed E-state index contributed by atoms with van der Waals surface area (Å²) in [4.78, 5) is 18.5. The van der Waals surface area contributed by atoms with Crippen molar-refractivity contribution in [2.24, 2.45) is 17.3 Å². The van der Waals surface area contributed by atoms with Crippen LogP contribution in [0.3, 0.4) is 0 Å². The SMILES string of the molecule is O=CC12CCCCCCCCCCN3CCC4C(CN5CCC/C=C\C/C=C\C=C\[C@H](O)[C@@H](O)C45C31)C2. The highest BCUT2D eigenvalue weighted by Crippen LogP contribution is 2.62. The van der Waals surface area contributed by atoms with Crippen LogP contribution in [0.5, 0.6) is 0 Å². The zero-order valence-corrected chi connectivity index (χ0v) is 22.9. The van der Waals surface area contributed by atoms with E-state index in [1.54, 1.807) is 6.08 Å². The van der Waals surface area contributed by atoms with E-state index in [1.807, 2.05) is 12.2 Å². The third-order valence-electron chi connectivity index (χ3n) is 10.5. The molecule has 4 heterocycles. The number of piperidine rings is 1. The summed E-state index contributed by atoms with van der Waals surface area (Å²) in [6.45, 7) is 3.88. The number of carbonyl (C=O) groups excluding carboxylic acids is 1. The highest BCUT2D eigenvalue weighted by atomic mass is 16.3. The Morgan fingerprint density at radius 3 is 2.43 bits per heavy atom. The molecule has 1 aliphatic carbocycles. The molecule has 206 valence electrons. The van der Waals surface area contributed by atoms with Crippen molar-refractivity contribution in [2.45, 2.75) is 114 Å². The molecular formula is C32H50N2O3. The van der Waals surface area contributed by atoms with E-state index >= 15 is 0 Å². The van der Waals surface area contributed by atoms with Crippen LogP contribution in [0.25, 0.3) is 0 Å². The molecule has 5 nitrogen and oxygen atoms in total. The van der Waals surface area contributed by atoms with Crippen LogP contribution in [-0.2, 0) is 4.79 Å². The predicted octanol–water partition coefficient (Wildman–Crippen LogP) is 5.04. The third-order valence-corrected chi connectivity index (χ3v) is 10.5. The van der Waals surface area contributed by atoms with Crippen LogP contribution < -0.4 is 0 Å². The first-order chi connectivity index (χ1) is 18.1. The molecular weight excluding hydrogens is 460 g/mol. The lowest BCUT2D eigenvalue weighted by atomic mass is 9.50. The topological polar surface area (TPSA) is 64.0 Å². The normalized spacial score (nSPS) is 45.2. The monoisotopic (exact) mass is 510 g/mol. The number of allylic oxidation sites excluding steroid dienone is 5. The Hall–Kier alpha value is -1.27. The van der Waals surface area contributed by atoms with Gasteiger partial charge in [-0.2, -0.15) is 0 Å². The largest absolute Gasteiger partial charge is 0.388 e. The Kier molecular flexibility index (Phi) is 9.06. The Morgan fingerprint density at radius 1 is 0.838 bits per heavy atom. The summed E-state index contributed by atoms with van der Waals surface area (Å²) in [5, 5.41) is 23.7. The Bertz CT molecular complexity index is 855. The zero-order chi connectivity index (χ0) is 25.7. The lowest BCUT2D eigenvalue weighted by Crippen LogP contribution is -2.78. The first-order valence-corrected chi connectivity index (χ1v) is 15.4. The summed E-state index contributed by atoms with van der Waals surface area (Å²) >= 11 is 0. The van der Waals surface area contributed by atoms with E-state index in [0.717, 1.165) is 77.5 Å². The van der Waals surface area contributed by atoms with E-state index in [2.05, 4.69) is 28.0 Å². The minimum Gasteiger partial charge on any atom is -0.388 e. The summed E-state index contributed by atoms with van der Waals surface area (Å²) in [6, 6.07) is -0.0345. The number of hydrogen-bond acceptors (Lipinski definition) is 5. The zero-order valence-electron chi connectivity index (χ0n) is 22.9. The number of rotatable bonds is 1. The van der Waals surface area contributed by atoms with Crippen molar-refractivity contribution in [2.75, 3.05) is 26.2 Å². The van der Waals surface area contributed by atoms with Crippen molar-refractivity contribution in [3.8, 4) is 0 Å². The van der Waals surface area contributed by atoms with Gasteiger partial charge in [-0.05, 0) is 76.4 Å². The van der Waals surface area contributed by atoms with Gasteiger partial charge in [-0.3, -0.25) is 9.80 Å². The maximum Gasteiger partial charge on any atom is 0.127 e. The minimum atomic E-state index is -0.945. The van der Waals surface area contributed by atoms with Gasteiger partial charge in [0.25, 0.3) is 0 Å². The second-order valence-corrected chi connectivity index (χ2v) is 12.7. The van der Waals surface area contributed by atoms with Crippen LogP contribution in [0.1, 0.15) is 89.9 Å². The number of aliphatic hydroxyl groups excluding tert-OH is 2. The Labute approximate surface area is 224 Å². The average molecular weight is 511 g/mol. The quantitative estimate of drug-likeness (QED) is 0.382. The predicted molar refractivity (Wildman–Crippen MR) is 149 cm³/mol. The highest BCUT2D eigenvalue weighted by Gasteiger charge is 2.72. The fraction of sp³-hybridized carbons (Fsp3) is 0.781. The molecule has 1 saturated carbocycles. The number of carbonyl (C=O) groups is 1. The van der Waals surface area contributed by atoms with E-state index in [0.29, 0.717) is 11.8 Å². The van der Waals surface area contributed by atoms with E-state index < -0.39 is 23.2 Å². The molecule has 0 amide bonds. The van der Waals surface area contributed by atoms with Crippen LogP contribution >= 0.6 is 0 Å². The first-order valence-electron chi connectivity index (χ1n) is 15.4. The highest BCUT2D eigenvalue weighted by molar-refractivity contribution is 5.63. The number of aldehydes is 1. The summed E-state index contributed by atoms with van der Waals surface area (Å²) in [6.07, 6.45) is 27.4. The van der Waals surface area contributed by atoms with Gasteiger partial charge in [-0.15, -0.1) is 0 Å². The molecule has 5 rings (SSSR count). The van der Waals surface area contributed by atoms with Crippen molar-refractivity contribution in [1.82, 2.24) is 9.80 Å². The molecule has 4 fully saturated rings. The van der Waals surface area contributed by atoms with E-state index in [1.165, 1.54) is 44.8 Å². The smallest absolute Gasteiger partial charge is 0.127 e. The molecule has 2 N–H and O–H groups in total. The van der Waals surface area contributed by atoms with Gasteiger partial charge in [0.1, 0.15) is 18.5 Å². The molecule has 5 heteroatoms. The van der Waals surface area contributed by atoms with Gasteiger partial charge in [-0.1, -0.05) is 81.4 Å². The summed E-state index contributed by atoms with van der Waals surface area (Å²) in [5.74, 6) is 0.741. The average Bonchev–Trinajstić information content (AvgIpc) is 3.15. The lowest BCUT2D eigenvalue weighted by Gasteiger charge is -2.65. The molecule has 4 aliphatic heterocycles.